The maximum atomic E-state index is 11.8. The zero-order valence-corrected chi connectivity index (χ0v) is 11.9. The van der Waals surface area contributed by atoms with Crippen LogP contribution >= 0.6 is 0 Å². The minimum Gasteiger partial charge on any atom is -0.364 e. The standard InChI is InChI=1S/C15H21N5O/c21-15(19-13-10-17-18-11-13)16-9-12-4-3-5-14(8-12)20-6-1-2-7-20/h1-5,8,13,17-18H,6-7,9-11H2,(H2,16,19,21). The predicted molar refractivity (Wildman–Crippen MR) is 83.0 cm³/mol. The molecule has 1 aromatic rings. The predicted octanol–water partition coefficient (Wildman–Crippen LogP) is 0.338. The topological polar surface area (TPSA) is 68.4 Å². The quantitative estimate of drug-likeness (QED) is 0.603. The second kappa shape index (κ2) is 6.60. The van der Waals surface area contributed by atoms with Gasteiger partial charge >= 0.3 is 6.03 Å². The Morgan fingerprint density at radius 2 is 2.00 bits per heavy atom. The zero-order valence-electron chi connectivity index (χ0n) is 11.9. The Hall–Kier alpha value is -2.05. The van der Waals surface area contributed by atoms with Crippen molar-refractivity contribution in [3.8, 4) is 0 Å². The monoisotopic (exact) mass is 287 g/mol. The van der Waals surface area contributed by atoms with Gasteiger partial charge < -0.3 is 15.5 Å². The van der Waals surface area contributed by atoms with Gasteiger partial charge in [0.25, 0.3) is 0 Å². The first-order valence-corrected chi connectivity index (χ1v) is 7.30. The highest BCUT2D eigenvalue weighted by Gasteiger charge is 2.16. The molecule has 0 spiro atoms. The van der Waals surface area contributed by atoms with Crippen LogP contribution in [-0.2, 0) is 6.54 Å². The molecule has 2 amide bonds. The van der Waals surface area contributed by atoms with Crippen LogP contribution < -0.4 is 26.4 Å². The number of benzene rings is 1. The molecule has 2 aliphatic rings. The van der Waals surface area contributed by atoms with Crippen LogP contribution in [0, 0.1) is 0 Å². The van der Waals surface area contributed by atoms with Gasteiger partial charge in [0.1, 0.15) is 0 Å². The third-order valence-corrected chi connectivity index (χ3v) is 3.70. The fraction of sp³-hybridized carbons (Fsp3) is 0.400. The van der Waals surface area contributed by atoms with E-state index in [1.807, 2.05) is 12.1 Å². The Labute approximate surface area is 124 Å². The maximum absolute atomic E-state index is 11.8. The molecule has 0 aliphatic carbocycles. The summed E-state index contributed by atoms with van der Waals surface area (Å²) in [6.07, 6.45) is 4.34. The molecular weight excluding hydrogens is 266 g/mol. The molecule has 0 atom stereocenters. The number of nitrogens with one attached hydrogen (secondary N) is 4. The van der Waals surface area contributed by atoms with Gasteiger partial charge in [-0.25, -0.2) is 4.79 Å². The number of hydrogen-bond acceptors (Lipinski definition) is 4. The first-order valence-electron chi connectivity index (χ1n) is 7.30. The van der Waals surface area contributed by atoms with Crippen molar-refractivity contribution >= 4 is 11.7 Å². The number of carbonyl (C=O) groups excluding carboxylic acids is 1. The van der Waals surface area contributed by atoms with Gasteiger partial charge in [-0.2, -0.15) is 0 Å². The number of urea groups is 1. The van der Waals surface area contributed by atoms with Gasteiger partial charge in [0.05, 0.1) is 6.04 Å². The molecule has 1 fully saturated rings. The normalized spacial score (nSPS) is 18.2. The van der Waals surface area contributed by atoms with Gasteiger partial charge in [0, 0.05) is 38.4 Å². The Morgan fingerprint density at radius 3 is 2.76 bits per heavy atom. The third kappa shape index (κ3) is 3.74. The average Bonchev–Trinajstić information content (AvgIpc) is 3.19. The van der Waals surface area contributed by atoms with Crippen LogP contribution in [0.15, 0.2) is 36.4 Å². The average molecular weight is 287 g/mol. The van der Waals surface area contributed by atoms with E-state index in [9.17, 15) is 4.79 Å². The number of anilines is 1. The Morgan fingerprint density at radius 1 is 1.24 bits per heavy atom. The van der Waals surface area contributed by atoms with Crippen LogP contribution in [0.2, 0.25) is 0 Å². The van der Waals surface area contributed by atoms with Gasteiger partial charge in [0.2, 0.25) is 0 Å². The Kier molecular flexibility index (Phi) is 4.37. The second-order valence-electron chi connectivity index (χ2n) is 5.33. The number of hydrogen-bond donors (Lipinski definition) is 4. The summed E-state index contributed by atoms with van der Waals surface area (Å²) in [6, 6.07) is 8.32. The summed E-state index contributed by atoms with van der Waals surface area (Å²) in [6.45, 7) is 3.96. The number of rotatable bonds is 4. The first-order chi connectivity index (χ1) is 10.3. The number of hydrazine groups is 1. The third-order valence-electron chi connectivity index (χ3n) is 3.70. The van der Waals surface area contributed by atoms with Crippen molar-refractivity contribution in [1.82, 2.24) is 21.5 Å². The van der Waals surface area contributed by atoms with Gasteiger partial charge in [0.15, 0.2) is 0 Å². The van der Waals surface area contributed by atoms with Crippen LogP contribution in [0.25, 0.3) is 0 Å². The second-order valence-corrected chi connectivity index (χ2v) is 5.33. The molecule has 2 heterocycles. The van der Waals surface area contributed by atoms with E-state index in [-0.39, 0.29) is 12.1 Å². The number of carbonyl (C=O) groups is 1. The van der Waals surface area contributed by atoms with E-state index in [1.54, 1.807) is 0 Å². The molecule has 21 heavy (non-hydrogen) atoms. The molecule has 0 bridgehead atoms. The van der Waals surface area contributed by atoms with Gasteiger partial charge in [-0.1, -0.05) is 24.3 Å². The molecule has 0 unspecified atom stereocenters. The van der Waals surface area contributed by atoms with Gasteiger partial charge in [-0.15, -0.1) is 0 Å². The molecule has 4 N–H and O–H groups in total. The smallest absolute Gasteiger partial charge is 0.315 e. The summed E-state index contributed by atoms with van der Waals surface area (Å²) in [5.74, 6) is 0. The summed E-state index contributed by atoms with van der Waals surface area (Å²) in [5, 5.41) is 5.83. The van der Waals surface area contributed by atoms with E-state index in [2.05, 4.69) is 50.7 Å². The molecule has 3 rings (SSSR count). The molecule has 1 aromatic carbocycles. The van der Waals surface area contributed by atoms with Gasteiger partial charge in [-0.3, -0.25) is 10.9 Å². The lowest BCUT2D eigenvalue weighted by atomic mass is 10.2. The first kappa shape index (κ1) is 13.9. The van der Waals surface area contributed by atoms with Crippen LogP contribution in [0.5, 0.6) is 0 Å². The Bertz CT molecular complexity index is 517. The van der Waals surface area contributed by atoms with E-state index < -0.39 is 0 Å². The highest BCUT2D eigenvalue weighted by Crippen LogP contribution is 2.18. The van der Waals surface area contributed by atoms with Crippen molar-refractivity contribution < 1.29 is 4.79 Å². The molecule has 0 saturated carbocycles. The Balaban J connectivity index is 1.50. The molecular formula is C15H21N5O. The minimum absolute atomic E-state index is 0.126. The summed E-state index contributed by atoms with van der Waals surface area (Å²) in [5.41, 5.74) is 8.28. The molecule has 6 nitrogen and oxygen atoms in total. The van der Waals surface area contributed by atoms with Crippen molar-refractivity contribution in [2.75, 3.05) is 31.1 Å². The van der Waals surface area contributed by atoms with Crippen LogP contribution in [-0.4, -0.2) is 38.3 Å². The molecule has 0 radical (unpaired) electrons. The van der Waals surface area contributed by atoms with Crippen LogP contribution in [0.3, 0.4) is 0 Å². The fourth-order valence-corrected chi connectivity index (χ4v) is 2.54. The number of amides is 2. The highest BCUT2D eigenvalue weighted by molar-refractivity contribution is 5.74. The molecule has 112 valence electrons. The zero-order chi connectivity index (χ0) is 14.5. The largest absolute Gasteiger partial charge is 0.364 e. The van der Waals surface area contributed by atoms with E-state index >= 15 is 0 Å². The van der Waals surface area contributed by atoms with Crippen LogP contribution in [0.4, 0.5) is 10.5 Å². The lowest BCUT2D eigenvalue weighted by Crippen LogP contribution is -2.44. The van der Waals surface area contributed by atoms with Gasteiger partial charge in [-0.05, 0) is 17.7 Å². The van der Waals surface area contributed by atoms with Crippen molar-refractivity contribution in [2.24, 2.45) is 0 Å². The lowest BCUT2D eigenvalue weighted by molar-refractivity contribution is 0.238. The SMILES string of the molecule is O=C(NCc1cccc(N2CC=CC2)c1)NC1CNNC1. The molecule has 0 aromatic heterocycles. The fourth-order valence-electron chi connectivity index (χ4n) is 2.54. The van der Waals surface area contributed by atoms with E-state index in [4.69, 9.17) is 0 Å². The summed E-state index contributed by atoms with van der Waals surface area (Å²) in [4.78, 5) is 14.1. The van der Waals surface area contributed by atoms with E-state index in [0.717, 1.165) is 31.7 Å². The van der Waals surface area contributed by atoms with Crippen LogP contribution in [0.1, 0.15) is 5.56 Å². The van der Waals surface area contributed by atoms with Crippen molar-refractivity contribution in [2.45, 2.75) is 12.6 Å². The highest BCUT2D eigenvalue weighted by atomic mass is 16.2. The van der Waals surface area contributed by atoms with E-state index in [1.165, 1.54) is 5.69 Å². The van der Waals surface area contributed by atoms with Crippen molar-refractivity contribution in [3.05, 3.63) is 42.0 Å². The molecule has 2 aliphatic heterocycles. The van der Waals surface area contributed by atoms with Crippen molar-refractivity contribution in [1.29, 1.82) is 0 Å². The summed E-state index contributed by atoms with van der Waals surface area (Å²) >= 11 is 0. The minimum atomic E-state index is -0.126. The van der Waals surface area contributed by atoms with E-state index in [0.29, 0.717) is 6.54 Å². The van der Waals surface area contributed by atoms with Crippen molar-refractivity contribution in [3.63, 3.8) is 0 Å². The summed E-state index contributed by atoms with van der Waals surface area (Å²) < 4.78 is 0. The maximum Gasteiger partial charge on any atom is 0.315 e. The molecule has 6 heteroatoms. The molecule has 1 saturated heterocycles. The number of nitrogens with zero attached hydrogens (tertiary/aromatic N) is 1. The lowest BCUT2D eigenvalue weighted by Gasteiger charge is -2.18. The summed E-state index contributed by atoms with van der Waals surface area (Å²) in [7, 11) is 0.